The van der Waals surface area contributed by atoms with E-state index in [-0.39, 0.29) is 22.9 Å². The molecule has 3 N–H and O–H groups in total. The standard InChI is InChI=1S/C45H45ClN6O8S/c1-58-45(27-33-4-2-3-5-38(33)31-6-8-34(46)9-7-31)17-20-51(21-18-45)35-10-12-39(42(25-35)60-36-24-32-14-19-47-43(32)49-29-36)44(53)50-61(56,57)37-11-13-40(41(26-37)52(54)55)48-28-30-15-22-59-23-16-30/h2-14,19,24-26,29-30,48H,15-18,20-23,27-28H2,1H3,(H,47,49)(H,50,53). The highest BCUT2D eigenvalue weighted by Crippen LogP contribution is 2.38. The fraction of sp³-hybridized carbons (Fsp3) is 0.289. The van der Waals surface area contributed by atoms with Crippen LogP contribution in [-0.4, -0.2) is 74.8 Å². The maximum Gasteiger partial charge on any atom is 0.293 e. The molecule has 6 aromatic rings. The summed E-state index contributed by atoms with van der Waals surface area (Å²) in [6.45, 7) is 2.98. The number of carbonyl (C=O) groups excluding carboxylic acids is 1. The minimum absolute atomic E-state index is 0.0622. The number of aromatic nitrogens is 2. The molecule has 1 amide bonds. The molecule has 16 heteroatoms. The number of aromatic amines is 1. The van der Waals surface area contributed by atoms with Gasteiger partial charge in [0.1, 0.15) is 22.8 Å². The quantitative estimate of drug-likeness (QED) is 0.0704. The lowest BCUT2D eigenvalue weighted by molar-refractivity contribution is -0.384. The van der Waals surface area contributed by atoms with Crippen LogP contribution in [0.1, 0.15) is 41.6 Å². The Balaban J connectivity index is 1.02. The van der Waals surface area contributed by atoms with E-state index in [2.05, 4.69) is 37.0 Å². The number of carbonyl (C=O) groups is 1. The molecule has 0 radical (unpaired) electrons. The molecule has 2 aliphatic heterocycles. The minimum Gasteiger partial charge on any atom is -0.455 e. The van der Waals surface area contributed by atoms with E-state index in [0.717, 1.165) is 41.1 Å². The Hall–Kier alpha value is -6.00. The predicted octanol–water partition coefficient (Wildman–Crippen LogP) is 8.77. The molecule has 0 aliphatic carbocycles. The number of nitro benzene ring substituents is 1. The number of pyridine rings is 1. The number of halogens is 1. The molecule has 4 aromatic carbocycles. The summed E-state index contributed by atoms with van der Waals surface area (Å²) in [4.78, 5) is 34.5. The number of amides is 1. The van der Waals surface area contributed by atoms with Crippen LogP contribution in [0.3, 0.4) is 0 Å². The van der Waals surface area contributed by atoms with Crippen molar-refractivity contribution in [3.05, 3.63) is 136 Å². The molecule has 0 atom stereocenters. The van der Waals surface area contributed by atoms with Gasteiger partial charge in [0.2, 0.25) is 0 Å². The molecular weight excluding hydrogens is 820 g/mol. The van der Waals surface area contributed by atoms with Crippen LogP contribution in [0.25, 0.3) is 22.2 Å². The average Bonchev–Trinajstić information content (AvgIpc) is 3.75. The lowest BCUT2D eigenvalue weighted by Crippen LogP contribution is -2.47. The number of nitrogens with zero attached hydrogens (tertiary/aromatic N) is 3. The van der Waals surface area contributed by atoms with Gasteiger partial charge in [-0.25, -0.2) is 18.1 Å². The van der Waals surface area contributed by atoms with E-state index in [9.17, 15) is 23.3 Å². The number of H-pyrrole nitrogens is 1. The summed E-state index contributed by atoms with van der Waals surface area (Å²) in [7, 11) is -2.82. The predicted molar refractivity (Wildman–Crippen MR) is 234 cm³/mol. The van der Waals surface area contributed by atoms with Gasteiger partial charge in [0, 0.05) is 80.8 Å². The first-order valence-electron chi connectivity index (χ1n) is 20.1. The first-order valence-corrected chi connectivity index (χ1v) is 21.9. The molecule has 316 valence electrons. The van der Waals surface area contributed by atoms with Crippen molar-refractivity contribution in [1.82, 2.24) is 14.7 Å². The number of nitro groups is 1. The average molecular weight is 865 g/mol. The number of fused-ring (bicyclic) bond motifs is 1. The van der Waals surface area contributed by atoms with Crippen LogP contribution >= 0.6 is 11.6 Å². The number of benzene rings is 4. The fourth-order valence-electron chi connectivity index (χ4n) is 8.06. The molecule has 0 bridgehead atoms. The Morgan fingerprint density at radius 1 is 1.02 bits per heavy atom. The highest BCUT2D eigenvalue weighted by molar-refractivity contribution is 7.90. The monoisotopic (exact) mass is 864 g/mol. The van der Waals surface area contributed by atoms with Crippen molar-refractivity contribution in [3.8, 4) is 22.6 Å². The number of rotatable bonds is 14. The molecule has 0 unspecified atom stereocenters. The molecule has 8 rings (SSSR count). The van der Waals surface area contributed by atoms with Gasteiger partial charge >= 0.3 is 0 Å². The van der Waals surface area contributed by atoms with Crippen LogP contribution in [0, 0.1) is 16.0 Å². The molecule has 2 saturated heterocycles. The van der Waals surface area contributed by atoms with Crippen molar-refractivity contribution < 1.29 is 32.3 Å². The minimum atomic E-state index is -4.57. The van der Waals surface area contributed by atoms with E-state index < -0.39 is 37.0 Å². The van der Waals surface area contributed by atoms with Crippen molar-refractivity contribution in [2.75, 3.05) is 50.2 Å². The topological polar surface area (TPSA) is 178 Å². The van der Waals surface area contributed by atoms with Gasteiger partial charge in [-0.05, 0) is 96.8 Å². The largest absolute Gasteiger partial charge is 0.455 e. The van der Waals surface area contributed by atoms with E-state index in [0.29, 0.717) is 68.5 Å². The number of hydrogen-bond donors (Lipinski definition) is 3. The van der Waals surface area contributed by atoms with Gasteiger partial charge in [-0.1, -0.05) is 48.0 Å². The molecule has 61 heavy (non-hydrogen) atoms. The SMILES string of the molecule is COC1(Cc2ccccc2-c2ccc(Cl)cc2)CCN(c2ccc(C(=O)NS(=O)(=O)c3ccc(NCC4CCOCC4)c([N+](=O)[O-])c3)c(Oc3cnc4[nH]ccc4c3)c2)CC1. The Labute approximate surface area is 358 Å². The lowest BCUT2D eigenvalue weighted by atomic mass is 9.82. The fourth-order valence-corrected chi connectivity index (χ4v) is 9.17. The number of methoxy groups -OCH3 is 1. The third kappa shape index (κ3) is 9.50. The smallest absolute Gasteiger partial charge is 0.293 e. The third-order valence-electron chi connectivity index (χ3n) is 11.6. The van der Waals surface area contributed by atoms with Gasteiger partial charge in [0.25, 0.3) is 21.6 Å². The molecule has 2 aromatic heterocycles. The van der Waals surface area contributed by atoms with Crippen LogP contribution in [0.15, 0.2) is 114 Å². The van der Waals surface area contributed by atoms with Crippen molar-refractivity contribution in [1.29, 1.82) is 0 Å². The van der Waals surface area contributed by atoms with Crippen molar-refractivity contribution in [3.63, 3.8) is 0 Å². The van der Waals surface area contributed by atoms with Gasteiger partial charge in [-0.2, -0.15) is 0 Å². The van der Waals surface area contributed by atoms with Crippen LogP contribution < -0.4 is 19.7 Å². The van der Waals surface area contributed by atoms with Crippen LogP contribution in [-0.2, 0) is 25.9 Å². The number of sulfonamides is 1. The molecule has 2 fully saturated rings. The van der Waals surface area contributed by atoms with Gasteiger partial charge in [0.05, 0.1) is 27.2 Å². The highest BCUT2D eigenvalue weighted by Gasteiger charge is 2.36. The van der Waals surface area contributed by atoms with Gasteiger partial charge in [0.15, 0.2) is 0 Å². The van der Waals surface area contributed by atoms with Crippen LogP contribution in [0.4, 0.5) is 17.1 Å². The summed E-state index contributed by atoms with van der Waals surface area (Å²) in [6.07, 6.45) is 7.01. The second kappa shape index (κ2) is 17.9. The molecule has 14 nitrogen and oxygen atoms in total. The van der Waals surface area contributed by atoms with Gasteiger partial charge in [-0.15, -0.1) is 0 Å². The second-order valence-electron chi connectivity index (χ2n) is 15.4. The molecule has 0 spiro atoms. The number of piperidine rings is 1. The molecule has 2 aliphatic rings. The van der Waals surface area contributed by atoms with E-state index in [1.807, 2.05) is 42.5 Å². The number of anilines is 2. The second-order valence-corrected chi connectivity index (χ2v) is 17.5. The summed E-state index contributed by atoms with van der Waals surface area (Å²) in [6, 6.07) is 28.2. The van der Waals surface area contributed by atoms with E-state index in [1.165, 1.54) is 30.0 Å². The van der Waals surface area contributed by atoms with Gasteiger partial charge in [-0.3, -0.25) is 14.9 Å². The lowest BCUT2D eigenvalue weighted by Gasteiger charge is -2.42. The maximum atomic E-state index is 13.9. The highest BCUT2D eigenvalue weighted by atomic mass is 35.5. The Morgan fingerprint density at radius 2 is 1.79 bits per heavy atom. The number of nitrogens with one attached hydrogen (secondary N) is 3. The number of ether oxygens (including phenoxy) is 3. The van der Waals surface area contributed by atoms with E-state index >= 15 is 0 Å². The van der Waals surface area contributed by atoms with Crippen LogP contribution in [0.2, 0.25) is 5.02 Å². The molecule has 0 saturated carbocycles. The van der Waals surface area contributed by atoms with Gasteiger partial charge < -0.3 is 29.4 Å². The summed E-state index contributed by atoms with van der Waals surface area (Å²) >= 11 is 6.18. The summed E-state index contributed by atoms with van der Waals surface area (Å²) in [5.74, 6) is -0.279. The van der Waals surface area contributed by atoms with Crippen molar-refractivity contribution in [2.24, 2.45) is 5.92 Å². The zero-order valence-electron chi connectivity index (χ0n) is 33.4. The zero-order valence-corrected chi connectivity index (χ0v) is 35.0. The number of hydrogen-bond acceptors (Lipinski definition) is 11. The van der Waals surface area contributed by atoms with E-state index in [4.69, 9.17) is 25.8 Å². The molecule has 4 heterocycles. The first-order chi connectivity index (χ1) is 29.5. The van der Waals surface area contributed by atoms with Crippen molar-refractivity contribution in [2.45, 2.75) is 42.6 Å². The Bertz CT molecular complexity index is 2660. The Kier molecular flexibility index (Phi) is 12.3. The maximum absolute atomic E-state index is 13.9. The third-order valence-corrected chi connectivity index (χ3v) is 13.2. The van der Waals surface area contributed by atoms with E-state index in [1.54, 1.807) is 31.5 Å². The summed E-state index contributed by atoms with van der Waals surface area (Å²) in [5.41, 5.74) is 4.04. The first kappa shape index (κ1) is 41.7. The molecular formula is C45H45ClN6O8S. The Morgan fingerprint density at radius 3 is 2.54 bits per heavy atom. The van der Waals surface area contributed by atoms with Crippen LogP contribution in [0.5, 0.6) is 11.5 Å². The normalized spacial score (nSPS) is 15.7. The summed E-state index contributed by atoms with van der Waals surface area (Å²) in [5, 5.41) is 16.6. The summed E-state index contributed by atoms with van der Waals surface area (Å²) < 4.78 is 47.4. The zero-order chi connectivity index (χ0) is 42.6. The van der Waals surface area contributed by atoms with Crippen molar-refractivity contribution >= 4 is 55.6 Å².